The van der Waals surface area contributed by atoms with Crippen LogP contribution < -0.4 is 19.7 Å². The van der Waals surface area contributed by atoms with E-state index in [1.54, 1.807) is 19.2 Å². The summed E-state index contributed by atoms with van der Waals surface area (Å²) in [5, 5.41) is 3.08. The van der Waals surface area contributed by atoms with E-state index in [1.807, 2.05) is 12.1 Å². The molecule has 6 nitrogen and oxygen atoms in total. The van der Waals surface area contributed by atoms with Gasteiger partial charge in [-0.1, -0.05) is 32.0 Å². The van der Waals surface area contributed by atoms with Crippen LogP contribution in [0, 0.1) is 5.92 Å². The highest BCUT2D eigenvalue weighted by Crippen LogP contribution is 2.28. The highest BCUT2D eigenvalue weighted by Gasteiger charge is 2.22. The molecule has 6 heteroatoms. The van der Waals surface area contributed by atoms with Crippen molar-refractivity contribution in [3.8, 4) is 11.5 Å². The molecule has 1 saturated heterocycles. The van der Waals surface area contributed by atoms with Gasteiger partial charge in [-0.15, -0.1) is 0 Å². The highest BCUT2D eigenvalue weighted by atomic mass is 16.5. The van der Waals surface area contributed by atoms with Crippen LogP contribution >= 0.6 is 0 Å². The molecule has 2 aromatic rings. The number of anilines is 1. The summed E-state index contributed by atoms with van der Waals surface area (Å²) in [6.07, 6.45) is 0.975. The molecule has 1 unspecified atom stereocenters. The molecule has 1 fully saturated rings. The van der Waals surface area contributed by atoms with E-state index in [4.69, 9.17) is 9.47 Å². The molecular formula is C26H37N3O3. The van der Waals surface area contributed by atoms with Crippen molar-refractivity contribution < 1.29 is 14.3 Å². The van der Waals surface area contributed by atoms with Gasteiger partial charge in [0.2, 0.25) is 0 Å². The Morgan fingerprint density at radius 1 is 1.00 bits per heavy atom. The Kier molecular flexibility index (Phi) is 8.80. The molecule has 2 aromatic carbocycles. The zero-order valence-electron chi connectivity index (χ0n) is 19.8. The van der Waals surface area contributed by atoms with Crippen molar-refractivity contribution >= 4 is 11.6 Å². The molecule has 3 rings (SSSR count). The smallest absolute Gasteiger partial charge is 0.251 e. The number of amides is 1. The van der Waals surface area contributed by atoms with Crippen molar-refractivity contribution in [3.05, 3.63) is 54.1 Å². The molecule has 0 saturated carbocycles. The van der Waals surface area contributed by atoms with Gasteiger partial charge in [0.15, 0.2) is 11.5 Å². The molecule has 0 radical (unpaired) electrons. The first-order chi connectivity index (χ1) is 15.5. The molecule has 0 bridgehead atoms. The maximum absolute atomic E-state index is 12.7. The van der Waals surface area contributed by atoms with Gasteiger partial charge < -0.3 is 19.7 Å². The van der Waals surface area contributed by atoms with E-state index in [-0.39, 0.29) is 11.9 Å². The Balaban J connectivity index is 1.47. The molecule has 1 amide bonds. The van der Waals surface area contributed by atoms with E-state index in [2.05, 4.69) is 60.2 Å². The minimum Gasteiger partial charge on any atom is -0.493 e. The number of ether oxygens (including phenoxy) is 2. The van der Waals surface area contributed by atoms with Crippen molar-refractivity contribution in [1.82, 2.24) is 10.2 Å². The van der Waals surface area contributed by atoms with Crippen LogP contribution in [0.1, 0.15) is 37.6 Å². The summed E-state index contributed by atoms with van der Waals surface area (Å²) in [4.78, 5) is 17.6. The van der Waals surface area contributed by atoms with Crippen LogP contribution in [0.15, 0.2) is 48.5 Å². The largest absolute Gasteiger partial charge is 0.493 e. The Bertz CT molecular complexity index is 849. The Labute approximate surface area is 192 Å². The van der Waals surface area contributed by atoms with Gasteiger partial charge in [-0.05, 0) is 49.6 Å². The summed E-state index contributed by atoms with van der Waals surface area (Å²) in [5.41, 5.74) is 1.86. The maximum Gasteiger partial charge on any atom is 0.251 e. The van der Waals surface area contributed by atoms with E-state index < -0.39 is 0 Å². The number of carbonyl (C=O) groups excluding carboxylic acids is 1. The van der Waals surface area contributed by atoms with Crippen LogP contribution in [0.2, 0.25) is 0 Å². The van der Waals surface area contributed by atoms with Crippen molar-refractivity contribution in [3.63, 3.8) is 0 Å². The molecule has 1 aliphatic heterocycles. The van der Waals surface area contributed by atoms with Crippen LogP contribution in [0.4, 0.5) is 5.69 Å². The Hall–Kier alpha value is -2.73. The third-order valence-corrected chi connectivity index (χ3v) is 6.00. The Morgan fingerprint density at radius 2 is 1.72 bits per heavy atom. The third-order valence-electron chi connectivity index (χ3n) is 6.00. The first-order valence-corrected chi connectivity index (χ1v) is 11.6. The molecule has 174 valence electrons. The number of rotatable bonds is 10. The number of benzene rings is 2. The number of carbonyl (C=O) groups is 1. The van der Waals surface area contributed by atoms with E-state index in [9.17, 15) is 4.79 Å². The fourth-order valence-electron chi connectivity index (χ4n) is 3.86. The summed E-state index contributed by atoms with van der Waals surface area (Å²) in [6, 6.07) is 16.2. The van der Waals surface area contributed by atoms with Crippen molar-refractivity contribution in [2.75, 3.05) is 51.3 Å². The molecule has 1 atom stereocenters. The van der Waals surface area contributed by atoms with Crippen molar-refractivity contribution in [2.24, 2.45) is 5.92 Å². The van der Waals surface area contributed by atoms with Gasteiger partial charge in [0, 0.05) is 50.0 Å². The van der Waals surface area contributed by atoms with Crippen LogP contribution in [0.3, 0.4) is 0 Å². The van der Waals surface area contributed by atoms with Gasteiger partial charge in [0.1, 0.15) is 0 Å². The fourth-order valence-corrected chi connectivity index (χ4v) is 3.86. The number of nitrogens with zero attached hydrogens (tertiary/aromatic N) is 2. The molecule has 1 aliphatic rings. The predicted molar refractivity (Wildman–Crippen MR) is 130 cm³/mol. The summed E-state index contributed by atoms with van der Waals surface area (Å²) in [5.74, 6) is 1.75. The van der Waals surface area contributed by atoms with E-state index in [1.165, 1.54) is 5.69 Å². The van der Waals surface area contributed by atoms with Gasteiger partial charge in [0.25, 0.3) is 5.91 Å². The molecule has 1 N–H and O–H groups in total. The standard InChI is InChI=1S/C26H37N3O3/c1-20(2)12-17-32-24-11-10-22(18-25(24)31-4)26(30)27-19-21(3)28-13-15-29(16-14-28)23-8-6-5-7-9-23/h5-11,18,20-21H,12-17,19H2,1-4H3,(H,27,30). The lowest BCUT2D eigenvalue weighted by molar-refractivity contribution is 0.0934. The number of piperazine rings is 1. The van der Waals surface area contributed by atoms with Gasteiger partial charge in [-0.2, -0.15) is 0 Å². The molecule has 0 spiro atoms. The second-order valence-corrected chi connectivity index (χ2v) is 8.81. The SMILES string of the molecule is COc1cc(C(=O)NCC(C)N2CCN(c3ccccc3)CC2)ccc1OCCC(C)C. The number of para-hydroxylation sites is 1. The number of nitrogens with one attached hydrogen (secondary N) is 1. The highest BCUT2D eigenvalue weighted by molar-refractivity contribution is 5.94. The number of methoxy groups -OCH3 is 1. The summed E-state index contributed by atoms with van der Waals surface area (Å²) in [6.45, 7) is 11.7. The minimum absolute atomic E-state index is 0.0909. The Morgan fingerprint density at radius 3 is 2.38 bits per heavy atom. The fraction of sp³-hybridized carbons (Fsp3) is 0.500. The van der Waals surface area contributed by atoms with Crippen LogP contribution in [0.5, 0.6) is 11.5 Å². The zero-order chi connectivity index (χ0) is 22.9. The van der Waals surface area contributed by atoms with Gasteiger partial charge in [-0.25, -0.2) is 0 Å². The van der Waals surface area contributed by atoms with Crippen LogP contribution in [0.25, 0.3) is 0 Å². The van der Waals surface area contributed by atoms with Crippen molar-refractivity contribution in [2.45, 2.75) is 33.2 Å². The topological polar surface area (TPSA) is 54.0 Å². The quantitative estimate of drug-likeness (QED) is 0.605. The second kappa shape index (κ2) is 11.8. The zero-order valence-corrected chi connectivity index (χ0v) is 19.8. The molecule has 1 heterocycles. The van der Waals surface area contributed by atoms with Crippen LogP contribution in [-0.2, 0) is 0 Å². The second-order valence-electron chi connectivity index (χ2n) is 8.81. The van der Waals surface area contributed by atoms with E-state index >= 15 is 0 Å². The number of hydrogen-bond acceptors (Lipinski definition) is 5. The lowest BCUT2D eigenvalue weighted by atomic mass is 10.1. The first-order valence-electron chi connectivity index (χ1n) is 11.6. The van der Waals surface area contributed by atoms with Gasteiger partial charge in [0.05, 0.1) is 13.7 Å². The molecule has 0 aliphatic carbocycles. The van der Waals surface area contributed by atoms with E-state index in [0.717, 1.165) is 32.6 Å². The molecule has 0 aromatic heterocycles. The molecule has 32 heavy (non-hydrogen) atoms. The average molecular weight is 440 g/mol. The normalized spacial score (nSPS) is 15.5. The van der Waals surface area contributed by atoms with Crippen molar-refractivity contribution in [1.29, 1.82) is 0 Å². The molecular weight excluding hydrogens is 402 g/mol. The maximum atomic E-state index is 12.7. The lowest BCUT2D eigenvalue weighted by Crippen LogP contribution is -2.52. The monoisotopic (exact) mass is 439 g/mol. The lowest BCUT2D eigenvalue weighted by Gasteiger charge is -2.39. The summed E-state index contributed by atoms with van der Waals surface area (Å²) in [7, 11) is 1.60. The third kappa shape index (κ3) is 6.63. The summed E-state index contributed by atoms with van der Waals surface area (Å²) >= 11 is 0. The minimum atomic E-state index is -0.0909. The first kappa shape index (κ1) is 23.9. The average Bonchev–Trinajstić information content (AvgIpc) is 2.83. The van der Waals surface area contributed by atoms with E-state index in [0.29, 0.717) is 36.1 Å². The summed E-state index contributed by atoms with van der Waals surface area (Å²) < 4.78 is 11.3. The van der Waals surface area contributed by atoms with Gasteiger partial charge >= 0.3 is 0 Å². The number of hydrogen-bond donors (Lipinski definition) is 1. The predicted octanol–water partition coefficient (Wildman–Crippen LogP) is 4.06. The van der Waals surface area contributed by atoms with Gasteiger partial charge in [-0.3, -0.25) is 9.69 Å². The van der Waals surface area contributed by atoms with Crippen LogP contribution in [-0.4, -0.2) is 63.3 Å².